The zero-order chi connectivity index (χ0) is 19.8. The van der Waals surface area contributed by atoms with E-state index in [2.05, 4.69) is 25.4 Å². The van der Waals surface area contributed by atoms with Crippen LogP contribution in [0.3, 0.4) is 0 Å². The molecule has 3 aromatic heterocycles. The molecule has 144 valence electrons. The molecule has 0 aromatic carbocycles. The van der Waals surface area contributed by atoms with E-state index in [1.165, 1.54) is 4.52 Å². The molecule has 28 heavy (non-hydrogen) atoms. The Kier molecular flexibility index (Phi) is 4.38. The van der Waals surface area contributed by atoms with Crippen molar-refractivity contribution in [1.82, 2.24) is 29.5 Å². The third-order valence-corrected chi connectivity index (χ3v) is 4.87. The number of nitrogens with zero attached hydrogens (tertiary/aromatic N) is 5. The molecule has 1 saturated heterocycles. The Hall–Kier alpha value is -3.56. The quantitative estimate of drug-likeness (QED) is 0.675. The van der Waals surface area contributed by atoms with Crippen LogP contribution in [0.1, 0.15) is 23.4 Å². The number of H-pyrrole nitrogens is 1. The van der Waals surface area contributed by atoms with Crippen LogP contribution in [0, 0.1) is 19.8 Å². The number of hydrogen-bond acceptors (Lipinski definition) is 6. The van der Waals surface area contributed by atoms with E-state index in [0.717, 1.165) is 5.69 Å². The molecule has 0 spiro atoms. The van der Waals surface area contributed by atoms with Gasteiger partial charge in [0.2, 0.25) is 17.8 Å². The summed E-state index contributed by atoms with van der Waals surface area (Å²) in [6, 6.07) is 5.50. The van der Waals surface area contributed by atoms with E-state index >= 15 is 0 Å². The molecule has 1 unspecified atom stereocenters. The molecule has 4 rings (SSSR count). The maximum atomic E-state index is 12.6. The Morgan fingerprint density at radius 2 is 2.11 bits per heavy atom. The van der Waals surface area contributed by atoms with Crippen molar-refractivity contribution in [2.24, 2.45) is 5.92 Å². The van der Waals surface area contributed by atoms with Gasteiger partial charge >= 0.3 is 0 Å². The minimum absolute atomic E-state index is 0.0976. The second kappa shape index (κ2) is 6.87. The van der Waals surface area contributed by atoms with Crippen molar-refractivity contribution >= 4 is 23.5 Å². The SMILES string of the molecule is Cc1nc2nc(NC(=O)C3CC(=O)N(Cc4ccccn4)C3)[nH]n2c(=O)c1C. The highest BCUT2D eigenvalue weighted by molar-refractivity contribution is 5.96. The Bertz CT molecular complexity index is 1120. The molecule has 1 aliphatic rings. The minimum Gasteiger partial charge on any atom is -0.336 e. The Morgan fingerprint density at radius 1 is 1.29 bits per heavy atom. The van der Waals surface area contributed by atoms with E-state index in [9.17, 15) is 14.4 Å². The predicted molar refractivity (Wildman–Crippen MR) is 99.5 cm³/mol. The van der Waals surface area contributed by atoms with Crippen molar-refractivity contribution in [1.29, 1.82) is 0 Å². The monoisotopic (exact) mass is 381 g/mol. The van der Waals surface area contributed by atoms with Crippen LogP contribution in [0.5, 0.6) is 0 Å². The molecule has 10 nitrogen and oxygen atoms in total. The molecular formula is C18H19N7O3. The van der Waals surface area contributed by atoms with Crippen LogP contribution >= 0.6 is 0 Å². The highest BCUT2D eigenvalue weighted by Gasteiger charge is 2.34. The number of likely N-dealkylation sites (tertiary alicyclic amines) is 1. The Labute approximate surface area is 159 Å². The normalized spacial score (nSPS) is 16.7. The topological polar surface area (TPSA) is 125 Å². The fourth-order valence-corrected chi connectivity index (χ4v) is 3.17. The average Bonchev–Trinajstić information content (AvgIpc) is 3.24. The third kappa shape index (κ3) is 3.24. The maximum absolute atomic E-state index is 12.6. The van der Waals surface area contributed by atoms with Crippen molar-refractivity contribution in [3.8, 4) is 0 Å². The van der Waals surface area contributed by atoms with E-state index in [0.29, 0.717) is 24.3 Å². The van der Waals surface area contributed by atoms with Gasteiger partial charge in [-0.05, 0) is 26.0 Å². The second-order valence-corrected chi connectivity index (χ2v) is 6.82. The van der Waals surface area contributed by atoms with Gasteiger partial charge in [-0.1, -0.05) is 6.07 Å². The number of carbonyl (C=O) groups is 2. The van der Waals surface area contributed by atoms with Crippen molar-refractivity contribution in [2.45, 2.75) is 26.8 Å². The molecule has 1 atom stereocenters. The number of aromatic amines is 1. The van der Waals surface area contributed by atoms with Gasteiger partial charge in [0.1, 0.15) is 0 Å². The smallest absolute Gasteiger partial charge is 0.277 e. The maximum Gasteiger partial charge on any atom is 0.277 e. The highest BCUT2D eigenvalue weighted by atomic mass is 16.2. The van der Waals surface area contributed by atoms with Gasteiger partial charge in [0, 0.05) is 30.4 Å². The van der Waals surface area contributed by atoms with Gasteiger partial charge < -0.3 is 4.90 Å². The lowest BCUT2D eigenvalue weighted by molar-refractivity contribution is -0.128. The third-order valence-electron chi connectivity index (χ3n) is 4.87. The number of carbonyl (C=O) groups excluding carboxylic acids is 2. The highest BCUT2D eigenvalue weighted by Crippen LogP contribution is 2.21. The zero-order valence-electron chi connectivity index (χ0n) is 15.5. The Morgan fingerprint density at radius 3 is 2.86 bits per heavy atom. The standard InChI is InChI=1S/C18H19N7O3/c1-10-11(2)20-18-22-17(23-25(18)16(10)28)21-15(27)12-7-14(26)24(8-12)9-13-5-3-4-6-19-13/h3-6,12H,7-9H2,1-2H3,(H2,20,21,22,23,27). The number of amides is 2. The number of anilines is 1. The molecule has 0 bridgehead atoms. The van der Waals surface area contributed by atoms with E-state index in [-0.39, 0.29) is 35.5 Å². The lowest BCUT2D eigenvalue weighted by Gasteiger charge is -2.15. The van der Waals surface area contributed by atoms with Crippen LogP contribution in [0.15, 0.2) is 29.2 Å². The first-order valence-electron chi connectivity index (χ1n) is 8.87. The number of aromatic nitrogens is 5. The summed E-state index contributed by atoms with van der Waals surface area (Å²) in [5.41, 5.74) is 1.59. The molecule has 0 radical (unpaired) electrons. The summed E-state index contributed by atoms with van der Waals surface area (Å²) in [7, 11) is 0. The van der Waals surface area contributed by atoms with Crippen LogP contribution in [-0.4, -0.2) is 47.8 Å². The summed E-state index contributed by atoms with van der Waals surface area (Å²) < 4.78 is 1.19. The number of nitrogens with one attached hydrogen (secondary N) is 2. The molecule has 2 N–H and O–H groups in total. The van der Waals surface area contributed by atoms with Crippen molar-refractivity contribution in [2.75, 3.05) is 11.9 Å². The molecule has 0 saturated carbocycles. The molecular weight excluding hydrogens is 362 g/mol. The van der Waals surface area contributed by atoms with Crippen molar-refractivity contribution in [3.63, 3.8) is 0 Å². The number of aryl methyl sites for hydroxylation is 1. The molecule has 4 heterocycles. The van der Waals surface area contributed by atoms with Crippen LogP contribution < -0.4 is 10.9 Å². The first-order valence-corrected chi connectivity index (χ1v) is 8.87. The summed E-state index contributed by atoms with van der Waals surface area (Å²) in [5, 5.41) is 5.38. The van der Waals surface area contributed by atoms with Gasteiger partial charge in [0.05, 0.1) is 18.2 Å². The summed E-state index contributed by atoms with van der Waals surface area (Å²) in [6.45, 7) is 4.07. The summed E-state index contributed by atoms with van der Waals surface area (Å²) >= 11 is 0. The van der Waals surface area contributed by atoms with Crippen molar-refractivity contribution in [3.05, 3.63) is 51.7 Å². The molecule has 2 amide bonds. The average molecular weight is 381 g/mol. The van der Waals surface area contributed by atoms with Gasteiger partial charge in [0.25, 0.3) is 11.3 Å². The lowest BCUT2D eigenvalue weighted by Crippen LogP contribution is -2.28. The zero-order valence-corrected chi connectivity index (χ0v) is 15.5. The lowest BCUT2D eigenvalue weighted by atomic mass is 10.1. The van der Waals surface area contributed by atoms with Crippen LogP contribution in [0.25, 0.3) is 5.78 Å². The summed E-state index contributed by atoms with van der Waals surface area (Å²) in [6.07, 6.45) is 1.79. The van der Waals surface area contributed by atoms with Gasteiger partial charge in [-0.2, -0.15) is 9.50 Å². The molecule has 10 heteroatoms. The van der Waals surface area contributed by atoms with E-state index in [1.807, 2.05) is 18.2 Å². The molecule has 0 aliphatic carbocycles. The molecule has 1 fully saturated rings. The largest absolute Gasteiger partial charge is 0.336 e. The fourth-order valence-electron chi connectivity index (χ4n) is 3.17. The second-order valence-electron chi connectivity index (χ2n) is 6.82. The van der Waals surface area contributed by atoms with Gasteiger partial charge in [0.15, 0.2) is 0 Å². The van der Waals surface area contributed by atoms with E-state index < -0.39 is 5.92 Å². The summed E-state index contributed by atoms with van der Waals surface area (Å²) in [5.74, 6) is -0.632. The van der Waals surface area contributed by atoms with E-state index in [1.54, 1.807) is 24.9 Å². The minimum atomic E-state index is -0.502. The first-order chi connectivity index (χ1) is 13.4. The fraction of sp³-hybridized carbons (Fsp3) is 0.333. The van der Waals surface area contributed by atoms with Gasteiger partial charge in [-0.25, -0.2) is 4.98 Å². The van der Waals surface area contributed by atoms with Crippen LogP contribution in [0.4, 0.5) is 5.95 Å². The van der Waals surface area contributed by atoms with E-state index in [4.69, 9.17) is 0 Å². The predicted octanol–water partition coefficient (Wildman–Crippen LogP) is 0.417. The number of hydrogen-bond donors (Lipinski definition) is 2. The molecule has 3 aromatic rings. The molecule has 1 aliphatic heterocycles. The number of rotatable bonds is 4. The van der Waals surface area contributed by atoms with Crippen LogP contribution in [0.2, 0.25) is 0 Å². The number of pyridine rings is 1. The first kappa shape index (κ1) is 17.8. The Balaban J connectivity index is 1.47. The van der Waals surface area contributed by atoms with Gasteiger partial charge in [-0.3, -0.25) is 29.8 Å². The van der Waals surface area contributed by atoms with Crippen LogP contribution in [-0.2, 0) is 16.1 Å². The summed E-state index contributed by atoms with van der Waals surface area (Å²) in [4.78, 5) is 51.3. The van der Waals surface area contributed by atoms with Crippen molar-refractivity contribution < 1.29 is 9.59 Å². The van der Waals surface area contributed by atoms with Gasteiger partial charge in [-0.15, -0.1) is 0 Å². The number of fused-ring (bicyclic) bond motifs is 1.